The third-order valence-corrected chi connectivity index (χ3v) is 6.17. The number of fused-ring (bicyclic) bond motifs is 1. The van der Waals surface area contributed by atoms with Gasteiger partial charge in [0.1, 0.15) is 18.3 Å². The average molecular weight is 486 g/mol. The number of carbonyl (C=O) groups is 4. The summed E-state index contributed by atoms with van der Waals surface area (Å²) in [4.78, 5) is 54.3. The van der Waals surface area contributed by atoms with E-state index in [1.807, 2.05) is 31.2 Å². The molecule has 0 aromatic heterocycles. The third kappa shape index (κ3) is 5.12. The highest BCUT2D eigenvalue weighted by Crippen LogP contribution is 2.28. The van der Waals surface area contributed by atoms with E-state index in [0.717, 1.165) is 11.1 Å². The first-order valence-corrected chi connectivity index (χ1v) is 11.5. The van der Waals surface area contributed by atoms with Crippen LogP contribution in [0.25, 0.3) is 0 Å². The molecular weight excluding hydrogens is 458 g/mol. The molecule has 0 saturated carbocycles. The van der Waals surface area contributed by atoms with Crippen LogP contribution in [0.1, 0.15) is 28.4 Å². The number of para-hydroxylation sites is 1. The molecule has 0 radical (unpaired) electrons. The van der Waals surface area contributed by atoms with Crippen molar-refractivity contribution < 1.29 is 23.9 Å². The van der Waals surface area contributed by atoms with Gasteiger partial charge in [-0.1, -0.05) is 42.0 Å². The maximum absolute atomic E-state index is 13.5. The lowest BCUT2D eigenvalue weighted by Gasteiger charge is -2.30. The summed E-state index contributed by atoms with van der Waals surface area (Å²) in [6, 6.07) is 20.2. The van der Waals surface area contributed by atoms with Crippen molar-refractivity contribution in [1.82, 2.24) is 4.90 Å². The highest BCUT2D eigenvalue weighted by molar-refractivity contribution is 6.52. The standard InChI is InChI=1S/C28H27N3O5/c1-18-8-10-20(11-9-18)16-30(19(2)27(34)29-21-12-14-22(36-3)15-13-21)25(32)17-31-24-7-5-4-6-23(24)26(33)28(31)35/h4-15,19H,16-17H2,1-3H3,(H,29,34). The fraction of sp³-hybridized carbons (Fsp3) is 0.214. The Bertz CT molecular complexity index is 1300. The Morgan fingerprint density at radius 1 is 0.972 bits per heavy atom. The van der Waals surface area contributed by atoms with Crippen molar-refractivity contribution in [2.75, 3.05) is 23.9 Å². The SMILES string of the molecule is COc1ccc(NC(=O)C(C)N(Cc2ccc(C)cc2)C(=O)CN2C(=O)C(=O)c3ccccc32)cc1. The zero-order chi connectivity index (χ0) is 25.8. The van der Waals surface area contributed by atoms with Crippen molar-refractivity contribution in [2.45, 2.75) is 26.4 Å². The number of anilines is 2. The van der Waals surface area contributed by atoms with Crippen molar-refractivity contribution in [2.24, 2.45) is 0 Å². The number of ketones is 1. The van der Waals surface area contributed by atoms with Crippen LogP contribution in [0.3, 0.4) is 0 Å². The second-order valence-electron chi connectivity index (χ2n) is 8.64. The van der Waals surface area contributed by atoms with Crippen LogP contribution in [0.4, 0.5) is 11.4 Å². The number of nitrogens with zero attached hydrogens (tertiary/aromatic N) is 2. The molecule has 0 fully saturated rings. The Morgan fingerprint density at radius 2 is 1.64 bits per heavy atom. The largest absolute Gasteiger partial charge is 0.497 e. The molecule has 1 aliphatic rings. The normalized spacial score (nSPS) is 13.2. The lowest BCUT2D eigenvalue weighted by Crippen LogP contribution is -2.49. The van der Waals surface area contributed by atoms with Crippen molar-refractivity contribution >= 4 is 34.9 Å². The molecule has 1 unspecified atom stereocenters. The van der Waals surface area contributed by atoms with Crippen LogP contribution in [0.2, 0.25) is 0 Å². The summed E-state index contributed by atoms with van der Waals surface area (Å²) < 4.78 is 5.15. The van der Waals surface area contributed by atoms with E-state index in [4.69, 9.17) is 4.74 Å². The molecule has 3 aromatic carbocycles. The van der Waals surface area contributed by atoms with Crippen LogP contribution in [0, 0.1) is 6.92 Å². The van der Waals surface area contributed by atoms with E-state index < -0.39 is 23.6 Å². The van der Waals surface area contributed by atoms with Crippen molar-refractivity contribution in [1.29, 1.82) is 0 Å². The minimum atomic E-state index is -0.857. The monoisotopic (exact) mass is 485 g/mol. The zero-order valence-corrected chi connectivity index (χ0v) is 20.4. The number of nitrogens with one attached hydrogen (secondary N) is 1. The molecule has 0 aliphatic carbocycles. The molecule has 1 aliphatic heterocycles. The summed E-state index contributed by atoms with van der Waals surface area (Å²) in [6.45, 7) is 3.41. The molecule has 0 saturated heterocycles. The number of Topliss-reactive ketones (excluding diaryl/α,β-unsaturated/α-hetero) is 1. The van der Waals surface area contributed by atoms with Crippen LogP contribution >= 0.6 is 0 Å². The number of amides is 3. The van der Waals surface area contributed by atoms with E-state index in [1.165, 1.54) is 9.80 Å². The molecule has 1 N–H and O–H groups in total. The van der Waals surface area contributed by atoms with Gasteiger partial charge in [-0.2, -0.15) is 0 Å². The fourth-order valence-corrected chi connectivity index (χ4v) is 4.03. The highest BCUT2D eigenvalue weighted by atomic mass is 16.5. The maximum Gasteiger partial charge on any atom is 0.299 e. The van der Waals surface area contributed by atoms with Crippen LogP contribution in [-0.2, 0) is 20.9 Å². The molecule has 184 valence electrons. The quantitative estimate of drug-likeness (QED) is 0.492. The van der Waals surface area contributed by atoms with Gasteiger partial charge in [-0.3, -0.25) is 24.1 Å². The Labute approximate surface area is 209 Å². The number of benzene rings is 3. The number of methoxy groups -OCH3 is 1. The molecule has 0 spiro atoms. The first-order chi connectivity index (χ1) is 17.3. The predicted octanol–water partition coefficient (Wildman–Crippen LogP) is 3.59. The smallest absolute Gasteiger partial charge is 0.299 e. The van der Waals surface area contributed by atoms with Gasteiger partial charge in [-0.25, -0.2) is 0 Å². The molecule has 1 heterocycles. The lowest BCUT2D eigenvalue weighted by atomic mass is 10.1. The van der Waals surface area contributed by atoms with Crippen LogP contribution in [0.5, 0.6) is 5.75 Å². The van der Waals surface area contributed by atoms with Gasteiger partial charge in [0.05, 0.1) is 18.4 Å². The van der Waals surface area contributed by atoms with Gasteiger partial charge in [0, 0.05) is 12.2 Å². The van der Waals surface area contributed by atoms with E-state index >= 15 is 0 Å². The molecule has 4 rings (SSSR count). The summed E-state index contributed by atoms with van der Waals surface area (Å²) in [5.74, 6) is -1.58. The minimum absolute atomic E-state index is 0.161. The summed E-state index contributed by atoms with van der Waals surface area (Å²) in [7, 11) is 1.56. The topological polar surface area (TPSA) is 96.0 Å². The Kier molecular flexibility index (Phi) is 7.15. The van der Waals surface area contributed by atoms with E-state index in [2.05, 4.69) is 5.32 Å². The van der Waals surface area contributed by atoms with Crippen LogP contribution in [-0.4, -0.2) is 48.1 Å². The maximum atomic E-state index is 13.5. The van der Waals surface area contributed by atoms with Crippen LogP contribution in [0.15, 0.2) is 72.8 Å². The number of rotatable bonds is 8. The molecule has 36 heavy (non-hydrogen) atoms. The first-order valence-electron chi connectivity index (χ1n) is 11.5. The van der Waals surface area contributed by atoms with Gasteiger partial charge in [0.25, 0.3) is 11.7 Å². The molecular formula is C28H27N3O5. The van der Waals surface area contributed by atoms with Gasteiger partial charge < -0.3 is 15.0 Å². The Hall–Kier alpha value is -4.46. The summed E-state index contributed by atoms with van der Waals surface area (Å²) in [6.07, 6.45) is 0. The Morgan fingerprint density at radius 3 is 2.31 bits per heavy atom. The van der Waals surface area contributed by atoms with Crippen LogP contribution < -0.4 is 15.0 Å². The molecule has 3 amide bonds. The van der Waals surface area contributed by atoms with Gasteiger partial charge in [-0.15, -0.1) is 0 Å². The van der Waals surface area contributed by atoms with Gasteiger partial charge in [0.15, 0.2) is 0 Å². The Balaban J connectivity index is 1.57. The second-order valence-corrected chi connectivity index (χ2v) is 8.64. The van der Waals surface area contributed by atoms with Crippen molar-refractivity contribution in [3.63, 3.8) is 0 Å². The number of hydrogen-bond acceptors (Lipinski definition) is 5. The van der Waals surface area contributed by atoms with Crippen molar-refractivity contribution in [3.8, 4) is 5.75 Å². The number of aryl methyl sites for hydroxylation is 1. The first kappa shape index (κ1) is 24.7. The zero-order valence-electron chi connectivity index (χ0n) is 20.4. The van der Waals surface area contributed by atoms with Gasteiger partial charge in [-0.05, 0) is 55.8 Å². The molecule has 0 bridgehead atoms. The molecule has 8 heteroatoms. The molecule has 1 atom stereocenters. The lowest BCUT2D eigenvalue weighted by molar-refractivity contribution is -0.138. The highest BCUT2D eigenvalue weighted by Gasteiger charge is 2.38. The molecule has 3 aromatic rings. The molecule has 8 nitrogen and oxygen atoms in total. The predicted molar refractivity (Wildman–Crippen MR) is 136 cm³/mol. The van der Waals surface area contributed by atoms with Gasteiger partial charge >= 0.3 is 0 Å². The van der Waals surface area contributed by atoms with E-state index in [0.29, 0.717) is 17.1 Å². The number of carbonyl (C=O) groups excluding carboxylic acids is 4. The van der Waals surface area contributed by atoms with E-state index in [1.54, 1.807) is 62.6 Å². The second kappa shape index (κ2) is 10.4. The number of ether oxygens (including phenoxy) is 1. The van der Waals surface area contributed by atoms with E-state index in [-0.39, 0.29) is 24.6 Å². The number of hydrogen-bond donors (Lipinski definition) is 1. The summed E-state index contributed by atoms with van der Waals surface area (Å²) in [5.41, 5.74) is 3.13. The van der Waals surface area contributed by atoms with Crippen molar-refractivity contribution in [3.05, 3.63) is 89.5 Å². The van der Waals surface area contributed by atoms with E-state index in [9.17, 15) is 19.2 Å². The van der Waals surface area contributed by atoms with Gasteiger partial charge in [0.2, 0.25) is 11.8 Å². The fourth-order valence-electron chi connectivity index (χ4n) is 4.03. The average Bonchev–Trinajstić information content (AvgIpc) is 3.13. The third-order valence-electron chi connectivity index (χ3n) is 6.17. The summed E-state index contributed by atoms with van der Waals surface area (Å²) in [5, 5.41) is 2.83. The summed E-state index contributed by atoms with van der Waals surface area (Å²) >= 11 is 0. The minimum Gasteiger partial charge on any atom is -0.497 e.